The van der Waals surface area contributed by atoms with Gasteiger partial charge in [0, 0.05) is 0 Å². The summed E-state index contributed by atoms with van der Waals surface area (Å²) >= 11 is 0. The van der Waals surface area contributed by atoms with Crippen LogP contribution in [0.1, 0.15) is 37.0 Å². The van der Waals surface area contributed by atoms with Gasteiger partial charge in [-0.1, -0.05) is 19.0 Å². The number of carbonyl (C=O) groups is 1. The molecule has 1 aromatic rings. The van der Waals surface area contributed by atoms with E-state index in [4.69, 9.17) is 10.9 Å². The van der Waals surface area contributed by atoms with Crippen LogP contribution in [0.2, 0.25) is 0 Å². The van der Waals surface area contributed by atoms with Gasteiger partial charge in [0.05, 0.1) is 5.56 Å². The van der Waals surface area contributed by atoms with Gasteiger partial charge in [0.25, 0.3) is 5.91 Å². The summed E-state index contributed by atoms with van der Waals surface area (Å²) in [5, 5.41) is 33.5. The van der Waals surface area contributed by atoms with Gasteiger partial charge in [-0.15, -0.1) is 0 Å². The molecule has 1 aromatic carbocycles. The normalized spacial score (nSPS) is 12.2. The maximum atomic E-state index is 12.2. The molecule has 7 heteroatoms. The second-order valence-electron chi connectivity index (χ2n) is 4.43. The lowest BCUT2D eigenvalue weighted by atomic mass is 9.91. The Kier molecular flexibility index (Phi) is 4.79. The number of phenolic OH excluding ortho intramolecular Hbond substituents is 2. The molecule has 0 heterocycles. The molecule has 20 heavy (non-hydrogen) atoms. The number of benzene rings is 1. The molecule has 0 saturated carbocycles. The summed E-state index contributed by atoms with van der Waals surface area (Å²) in [6.45, 7) is 3.56. The summed E-state index contributed by atoms with van der Waals surface area (Å²) in [4.78, 5) is 12.2. The number of oxime groups is 1. The average molecular weight is 281 g/mol. The predicted molar refractivity (Wildman–Crippen MR) is 74.0 cm³/mol. The van der Waals surface area contributed by atoms with Crippen LogP contribution in [0.25, 0.3) is 0 Å². The van der Waals surface area contributed by atoms with E-state index in [1.54, 1.807) is 13.8 Å². The molecule has 0 aliphatic rings. The van der Waals surface area contributed by atoms with Crippen LogP contribution in [-0.2, 0) is 0 Å². The zero-order valence-corrected chi connectivity index (χ0v) is 11.4. The van der Waals surface area contributed by atoms with Gasteiger partial charge in [0.2, 0.25) is 0 Å². The quantitative estimate of drug-likeness (QED) is 0.182. The molecule has 110 valence electrons. The minimum atomic E-state index is -1.01. The highest BCUT2D eigenvalue weighted by molar-refractivity contribution is 6.02. The monoisotopic (exact) mass is 281 g/mol. The molecule has 0 aromatic heterocycles. The molecule has 1 amide bonds. The third kappa shape index (κ3) is 2.93. The van der Waals surface area contributed by atoms with Gasteiger partial charge in [0.15, 0.2) is 5.84 Å². The largest absolute Gasteiger partial charge is 0.508 e. The van der Waals surface area contributed by atoms with Gasteiger partial charge in [-0.2, -0.15) is 0 Å². The van der Waals surface area contributed by atoms with Crippen molar-refractivity contribution in [3.63, 3.8) is 0 Å². The number of nitrogens with one attached hydrogen (secondary N) is 1. The Morgan fingerprint density at radius 3 is 2.45 bits per heavy atom. The minimum absolute atomic E-state index is 0.0815. The summed E-state index contributed by atoms with van der Waals surface area (Å²) in [7, 11) is 0. The van der Waals surface area contributed by atoms with Crippen molar-refractivity contribution in [3.05, 3.63) is 23.8 Å². The summed E-state index contributed by atoms with van der Waals surface area (Å²) < 4.78 is 0. The number of aromatic hydroxyl groups is 2. The molecule has 0 aliphatic heterocycles. The van der Waals surface area contributed by atoms with E-state index < -0.39 is 11.4 Å². The number of amidine groups is 1. The second kappa shape index (κ2) is 6.14. The van der Waals surface area contributed by atoms with Crippen LogP contribution in [0.4, 0.5) is 0 Å². The molecule has 1 rings (SSSR count). The minimum Gasteiger partial charge on any atom is -0.508 e. The van der Waals surface area contributed by atoms with E-state index in [2.05, 4.69) is 10.5 Å². The van der Waals surface area contributed by atoms with Gasteiger partial charge in [0.1, 0.15) is 17.0 Å². The Hall–Kier alpha value is -2.44. The van der Waals surface area contributed by atoms with Gasteiger partial charge >= 0.3 is 0 Å². The zero-order valence-electron chi connectivity index (χ0n) is 11.4. The molecule has 0 aliphatic carbocycles. The molecule has 0 fully saturated rings. The third-order valence-electron chi connectivity index (χ3n) is 3.38. The molecular formula is C13H19N3O4. The Labute approximate surface area is 116 Å². The summed E-state index contributed by atoms with van der Waals surface area (Å²) in [5.74, 6) is -1.14. The van der Waals surface area contributed by atoms with Crippen molar-refractivity contribution in [2.24, 2.45) is 10.9 Å². The molecular weight excluding hydrogens is 262 g/mol. The third-order valence-corrected chi connectivity index (χ3v) is 3.38. The summed E-state index contributed by atoms with van der Waals surface area (Å²) in [6, 6.07) is 3.63. The number of nitrogens with zero attached hydrogens (tertiary/aromatic N) is 1. The number of rotatable bonds is 5. The van der Waals surface area contributed by atoms with Crippen molar-refractivity contribution in [2.45, 2.75) is 32.2 Å². The van der Waals surface area contributed by atoms with E-state index in [1.807, 2.05) is 0 Å². The van der Waals surface area contributed by atoms with E-state index in [1.165, 1.54) is 12.1 Å². The molecule has 0 saturated heterocycles. The fourth-order valence-corrected chi connectivity index (χ4v) is 1.94. The Morgan fingerprint density at radius 2 is 1.95 bits per heavy atom. The fraction of sp³-hybridized carbons (Fsp3) is 0.385. The van der Waals surface area contributed by atoms with E-state index >= 15 is 0 Å². The van der Waals surface area contributed by atoms with Gasteiger partial charge in [-0.3, -0.25) is 4.79 Å². The highest BCUT2D eigenvalue weighted by Crippen LogP contribution is 2.24. The summed E-state index contributed by atoms with van der Waals surface area (Å²) in [6.07, 6.45) is 0.815. The lowest BCUT2D eigenvalue weighted by molar-refractivity contribution is 0.0914. The van der Waals surface area contributed by atoms with Crippen molar-refractivity contribution < 1.29 is 20.2 Å². The maximum Gasteiger partial charge on any atom is 0.255 e. The number of amides is 1. The van der Waals surface area contributed by atoms with E-state index in [0.29, 0.717) is 12.8 Å². The number of phenols is 2. The van der Waals surface area contributed by atoms with Crippen molar-refractivity contribution in [3.8, 4) is 11.5 Å². The Balaban J connectivity index is 3.12. The highest BCUT2D eigenvalue weighted by Gasteiger charge is 2.34. The topological polar surface area (TPSA) is 128 Å². The standard InChI is InChI=1S/C13H19N3O4/c1-3-13(4-2,12(14)16-20)15-11(19)9-7-8(17)5-6-10(9)18/h5-7,17-18,20H,3-4H2,1-2H3,(H2,14,16)(H,15,19). The number of hydrogen-bond donors (Lipinski definition) is 5. The first-order chi connectivity index (χ1) is 9.40. The zero-order chi connectivity index (χ0) is 15.3. The second-order valence-corrected chi connectivity index (χ2v) is 4.43. The SMILES string of the molecule is CCC(CC)(NC(=O)c1cc(O)ccc1O)/C(N)=N/O. The first kappa shape index (κ1) is 15.6. The van der Waals surface area contributed by atoms with Crippen molar-refractivity contribution in [1.29, 1.82) is 0 Å². The van der Waals surface area contributed by atoms with E-state index in [0.717, 1.165) is 6.07 Å². The van der Waals surface area contributed by atoms with E-state index in [-0.39, 0.29) is 22.9 Å². The molecule has 0 radical (unpaired) electrons. The highest BCUT2D eigenvalue weighted by atomic mass is 16.4. The van der Waals surface area contributed by atoms with Crippen LogP contribution in [0.3, 0.4) is 0 Å². The number of hydrogen-bond acceptors (Lipinski definition) is 5. The van der Waals surface area contributed by atoms with Crippen molar-refractivity contribution in [2.75, 3.05) is 0 Å². The predicted octanol–water partition coefficient (Wildman–Crippen LogP) is 1.13. The lowest BCUT2D eigenvalue weighted by Gasteiger charge is -2.31. The van der Waals surface area contributed by atoms with Crippen LogP contribution < -0.4 is 11.1 Å². The fourth-order valence-electron chi connectivity index (χ4n) is 1.94. The molecule has 0 spiro atoms. The first-order valence-electron chi connectivity index (χ1n) is 6.22. The summed E-state index contributed by atoms with van der Waals surface area (Å²) in [5.41, 5.74) is 4.55. The molecule has 0 unspecified atom stereocenters. The van der Waals surface area contributed by atoms with Crippen molar-refractivity contribution in [1.82, 2.24) is 5.32 Å². The number of carbonyl (C=O) groups excluding carboxylic acids is 1. The van der Waals surface area contributed by atoms with E-state index in [9.17, 15) is 15.0 Å². The number of nitrogens with two attached hydrogens (primary N) is 1. The van der Waals surface area contributed by atoms with Crippen LogP contribution in [0, 0.1) is 0 Å². The first-order valence-corrected chi connectivity index (χ1v) is 6.22. The van der Waals surface area contributed by atoms with Crippen LogP contribution in [0.15, 0.2) is 23.4 Å². The Bertz CT molecular complexity index is 524. The van der Waals surface area contributed by atoms with Gasteiger partial charge < -0.3 is 26.5 Å². The van der Waals surface area contributed by atoms with Gasteiger partial charge in [-0.25, -0.2) is 0 Å². The van der Waals surface area contributed by atoms with Crippen molar-refractivity contribution >= 4 is 11.7 Å². The molecule has 6 N–H and O–H groups in total. The maximum absolute atomic E-state index is 12.2. The lowest BCUT2D eigenvalue weighted by Crippen LogP contribution is -2.56. The smallest absolute Gasteiger partial charge is 0.255 e. The van der Waals surface area contributed by atoms with Crippen LogP contribution >= 0.6 is 0 Å². The molecule has 0 bridgehead atoms. The van der Waals surface area contributed by atoms with Crippen LogP contribution in [0.5, 0.6) is 11.5 Å². The van der Waals surface area contributed by atoms with Gasteiger partial charge in [-0.05, 0) is 31.0 Å². The molecule has 7 nitrogen and oxygen atoms in total. The van der Waals surface area contributed by atoms with Crippen LogP contribution in [-0.4, -0.2) is 32.7 Å². The average Bonchev–Trinajstić information content (AvgIpc) is 2.46. The Morgan fingerprint density at radius 1 is 1.35 bits per heavy atom. The molecule has 0 atom stereocenters.